The number of hydrogen-bond acceptors (Lipinski definition) is 4. The van der Waals surface area contributed by atoms with Gasteiger partial charge in [-0.3, -0.25) is 4.79 Å². The molecule has 6 heteroatoms. The van der Waals surface area contributed by atoms with Gasteiger partial charge in [0.1, 0.15) is 11.9 Å². The molecule has 5 fully saturated rings. The lowest BCUT2D eigenvalue weighted by Crippen LogP contribution is -2.58. The number of carbonyl (C=O) groups excluding carboxylic acids is 1. The lowest BCUT2D eigenvalue weighted by atomic mass is 9.54. The standard InChI is InChI=1S/C22H29FN2O3/c1-27-20-9-16(23)2-3-19(20)28-17-10-18(24-11-17)22(26)25-21-14-5-12-4-13(7-14)8-15(21)6-12/h2-3,9,12-15,17-18,21,24H,4-8,10-11H2,1H3,(H,25,26)/t12?,13?,14?,15?,17-,18-,21?/m0/s1. The maximum Gasteiger partial charge on any atom is 0.237 e. The van der Waals surface area contributed by atoms with E-state index in [1.807, 2.05) is 0 Å². The van der Waals surface area contributed by atoms with E-state index in [4.69, 9.17) is 9.47 Å². The third kappa shape index (κ3) is 3.36. The quantitative estimate of drug-likeness (QED) is 0.814. The molecular weight excluding hydrogens is 359 g/mol. The van der Waals surface area contributed by atoms with Crippen LogP contribution in [0.2, 0.25) is 0 Å². The molecule has 0 aromatic heterocycles. The van der Waals surface area contributed by atoms with Gasteiger partial charge in [0.25, 0.3) is 0 Å². The van der Waals surface area contributed by atoms with Gasteiger partial charge in [-0.2, -0.15) is 0 Å². The average molecular weight is 388 g/mol. The molecule has 1 saturated heterocycles. The highest BCUT2D eigenvalue weighted by atomic mass is 19.1. The van der Waals surface area contributed by atoms with Crippen LogP contribution in [0.4, 0.5) is 4.39 Å². The normalized spacial score (nSPS) is 38.4. The summed E-state index contributed by atoms with van der Waals surface area (Å²) in [5, 5.41) is 6.68. The zero-order chi connectivity index (χ0) is 19.3. The summed E-state index contributed by atoms with van der Waals surface area (Å²) in [4.78, 5) is 12.9. The van der Waals surface area contributed by atoms with Crippen LogP contribution in [0.25, 0.3) is 0 Å². The van der Waals surface area contributed by atoms with E-state index in [2.05, 4.69) is 10.6 Å². The van der Waals surface area contributed by atoms with Crippen molar-refractivity contribution < 1.29 is 18.7 Å². The van der Waals surface area contributed by atoms with Crippen molar-refractivity contribution in [3.8, 4) is 11.5 Å². The Bertz CT molecular complexity index is 727. The molecule has 0 radical (unpaired) electrons. The fourth-order valence-corrected chi connectivity index (χ4v) is 6.34. The third-order valence-electron chi connectivity index (χ3n) is 7.36. The van der Waals surface area contributed by atoms with Crippen LogP contribution >= 0.6 is 0 Å². The number of amides is 1. The molecule has 152 valence electrons. The summed E-state index contributed by atoms with van der Waals surface area (Å²) in [5.74, 6) is 3.80. The van der Waals surface area contributed by atoms with Gasteiger partial charge in [-0.25, -0.2) is 4.39 Å². The van der Waals surface area contributed by atoms with Crippen molar-refractivity contribution in [2.24, 2.45) is 23.7 Å². The van der Waals surface area contributed by atoms with Gasteiger partial charge in [0, 0.05) is 25.1 Å². The number of carbonyl (C=O) groups is 1. The van der Waals surface area contributed by atoms with Gasteiger partial charge in [-0.15, -0.1) is 0 Å². The average Bonchev–Trinajstić information content (AvgIpc) is 3.14. The predicted octanol–water partition coefficient (Wildman–Crippen LogP) is 2.88. The summed E-state index contributed by atoms with van der Waals surface area (Å²) in [5.41, 5.74) is 0. The molecule has 4 aliphatic carbocycles. The minimum Gasteiger partial charge on any atom is -0.493 e. The van der Waals surface area contributed by atoms with Crippen LogP contribution in [0.15, 0.2) is 18.2 Å². The van der Waals surface area contributed by atoms with Gasteiger partial charge >= 0.3 is 0 Å². The van der Waals surface area contributed by atoms with Gasteiger partial charge in [-0.1, -0.05) is 0 Å². The predicted molar refractivity (Wildman–Crippen MR) is 103 cm³/mol. The van der Waals surface area contributed by atoms with Crippen LogP contribution in [0.1, 0.15) is 38.5 Å². The van der Waals surface area contributed by atoms with Crippen LogP contribution in [0.3, 0.4) is 0 Å². The van der Waals surface area contributed by atoms with Crippen molar-refractivity contribution in [1.82, 2.24) is 10.6 Å². The van der Waals surface area contributed by atoms with Crippen LogP contribution in [0, 0.1) is 29.5 Å². The second kappa shape index (κ2) is 7.21. The first-order valence-corrected chi connectivity index (χ1v) is 10.6. The molecule has 2 N–H and O–H groups in total. The maximum atomic E-state index is 13.4. The number of benzene rings is 1. The lowest BCUT2D eigenvalue weighted by Gasteiger charge is -2.54. The molecule has 1 aromatic rings. The summed E-state index contributed by atoms with van der Waals surface area (Å²) in [7, 11) is 1.50. The Hall–Kier alpha value is -1.82. The smallest absolute Gasteiger partial charge is 0.237 e. The van der Waals surface area contributed by atoms with Gasteiger partial charge in [0.05, 0.1) is 13.2 Å². The molecule has 5 aliphatic rings. The molecule has 6 rings (SSSR count). The fraction of sp³-hybridized carbons (Fsp3) is 0.682. The van der Waals surface area contributed by atoms with Gasteiger partial charge in [-0.05, 0) is 67.9 Å². The molecule has 1 heterocycles. The molecule has 28 heavy (non-hydrogen) atoms. The van der Waals surface area contributed by atoms with Crippen molar-refractivity contribution in [1.29, 1.82) is 0 Å². The first-order chi connectivity index (χ1) is 13.6. The molecule has 5 nitrogen and oxygen atoms in total. The van der Waals surface area contributed by atoms with E-state index in [0.717, 1.165) is 11.8 Å². The van der Waals surface area contributed by atoms with E-state index in [0.29, 0.717) is 42.3 Å². The molecule has 1 amide bonds. The van der Waals surface area contributed by atoms with E-state index >= 15 is 0 Å². The highest BCUT2D eigenvalue weighted by Crippen LogP contribution is 2.53. The summed E-state index contributed by atoms with van der Waals surface area (Å²) >= 11 is 0. The Morgan fingerprint density at radius 3 is 2.46 bits per heavy atom. The zero-order valence-corrected chi connectivity index (χ0v) is 16.3. The highest BCUT2D eigenvalue weighted by molar-refractivity contribution is 5.82. The maximum absolute atomic E-state index is 13.4. The number of ether oxygens (including phenoxy) is 2. The molecule has 4 bridgehead atoms. The van der Waals surface area contributed by atoms with Gasteiger partial charge in [0.2, 0.25) is 5.91 Å². The lowest BCUT2D eigenvalue weighted by molar-refractivity contribution is -0.126. The minimum atomic E-state index is -0.360. The minimum absolute atomic E-state index is 0.106. The summed E-state index contributed by atoms with van der Waals surface area (Å²) in [6.45, 7) is 0.598. The number of nitrogens with one attached hydrogen (secondary N) is 2. The Balaban J connectivity index is 1.18. The van der Waals surface area contributed by atoms with Crippen LogP contribution in [-0.4, -0.2) is 37.7 Å². The molecular formula is C22H29FN2O3. The molecule has 4 saturated carbocycles. The van der Waals surface area contributed by atoms with Crippen molar-refractivity contribution in [3.05, 3.63) is 24.0 Å². The zero-order valence-electron chi connectivity index (χ0n) is 16.3. The van der Waals surface area contributed by atoms with Gasteiger partial charge < -0.3 is 20.1 Å². The fourth-order valence-electron chi connectivity index (χ4n) is 6.34. The van der Waals surface area contributed by atoms with E-state index in [9.17, 15) is 9.18 Å². The van der Waals surface area contributed by atoms with Crippen LogP contribution in [0.5, 0.6) is 11.5 Å². The SMILES string of the molecule is COc1cc(F)ccc1O[C@@H]1CN[C@H](C(=O)NC2C3CC4CC(C3)CC2C4)C1. The Morgan fingerprint density at radius 1 is 1.07 bits per heavy atom. The molecule has 1 aromatic carbocycles. The van der Waals surface area contributed by atoms with E-state index < -0.39 is 0 Å². The largest absolute Gasteiger partial charge is 0.493 e. The Kier molecular flexibility index (Phi) is 4.69. The Morgan fingerprint density at radius 2 is 1.79 bits per heavy atom. The topological polar surface area (TPSA) is 59.6 Å². The molecule has 0 spiro atoms. The van der Waals surface area contributed by atoms with E-state index in [1.165, 1.54) is 51.3 Å². The molecule has 0 unspecified atom stereocenters. The second-order valence-corrected chi connectivity index (χ2v) is 9.20. The Labute approximate surface area is 165 Å². The van der Waals surface area contributed by atoms with Crippen LogP contribution < -0.4 is 20.1 Å². The van der Waals surface area contributed by atoms with Crippen molar-refractivity contribution >= 4 is 5.91 Å². The van der Waals surface area contributed by atoms with Gasteiger partial charge in [0.15, 0.2) is 11.5 Å². The van der Waals surface area contributed by atoms with Crippen molar-refractivity contribution in [3.63, 3.8) is 0 Å². The number of halogens is 1. The monoisotopic (exact) mass is 388 g/mol. The highest BCUT2D eigenvalue weighted by Gasteiger charge is 2.49. The molecule has 2 atom stereocenters. The second-order valence-electron chi connectivity index (χ2n) is 9.20. The molecule has 1 aliphatic heterocycles. The van der Waals surface area contributed by atoms with Crippen molar-refractivity contribution in [2.45, 2.75) is 56.7 Å². The summed E-state index contributed by atoms with van der Waals surface area (Å²) in [6.07, 6.45) is 7.09. The number of methoxy groups -OCH3 is 1. The first kappa shape index (κ1) is 18.2. The summed E-state index contributed by atoms with van der Waals surface area (Å²) in [6, 6.07) is 4.38. The van der Waals surface area contributed by atoms with E-state index in [-0.39, 0.29) is 23.9 Å². The first-order valence-electron chi connectivity index (χ1n) is 10.6. The third-order valence-corrected chi connectivity index (χ3v) is 7.36. The van der Waals surface area contributed by atoms with Crippen LogP contribution in [-0.2, 0) is 4.79 Å². The number of hydrogen-bond donors (Lipinski definition) is 2. The number of rotatable bonds is 5. The van der Waals surface area contributed by atoms with Crippen molar-refractivity contribution in [2.75, 3.05) is 13.7 Å². The van der Waals surface area contributed by atoms with E-state index in [1.54, 1.807) is 6.07 Å². The summed E-state index contributed by atoms with van der Waals surface area (Å²) < 4.78 is 24.5.